The first kappa shape index (κ1) is 110. The van der Waals surface area contributed by atoms with Crippen molar-refractivity contribution >= 4 is 18.2 Å². The van der Waals surface area contributed by atoms with Crippen LogP contribution in [0.2, 0.25) is 0 Å². The number of aryl methyl sites for hydroxylation is 1. The van der Waals surface area contributed by atoms with Gasteiger partial charge in [0, 0.05) is 77.0 Å². The molecule has 1 aromatic heterocycles. The Labute approximate surface area is 768 Å². The summed E-state index contributed by atoms with van der Waals surface area (Å²) in [6.07, 6.45) is 12.7. The fourth-order valence-electron chi connectivity index (χ4n) is 19.3. The summed E-state index contributed by atoms with van der Waals surface area (Å²) in [5.74, 6) is 0.889. The number of rotatable bonds is 63. The Kier molecular flexibility index (Phi) is 46.0. The quantitative estimate of drug-likeness (QED) is 0.0353. The first-order valence-electron chi connectivity index (χ1n) is 48.8. The lowest BCUT2D eigenvalue weighted by Gasteiger charge is -2.48. The van der Waals surface area contributed by atoms with Gasteiger partial charge in [-0.25, -0.2) is 42.5 Å². The first-order chi connectivity index (χ1) is 60.3. The Bertz CT molecular complexity index is 3640. The van der Waals surface area contributed by atoms with Crippen molar-refractivity contribution in [3.05, 3.63) is 61.3 Å². The van der Waals surface area contributed by atoms with E-state index in [1.54, 1.807) is 0 Å². The van der Waals surface area contributed by atoms with Crippen molar-refractivity contribution < 1.29 is 85.4 Å². The SMILES string of the molecule is CCCCCCCCCc1cccc(OCC(C)OCC(C)OCC(C)OCC(C)OCC(C)OCC(C)OCC(C)OCC(C)OCC(C)OCC(C)OCC(C)OCC(C)OCC(C)NC(=O)NC2CC(C)(C)CC(C)(Cn3c(=O)n(CC4(C)CC(NC(=O)OCCN5CC5)CC(C)(C)C4)c(=O)n(CC4(C)CC(NC(=O)OCCN5CC5)CC(C)(C)C4)c3=O)C2)c1. The van der Waals surface area contributed by atoms with Gasteiger partial charge < -0.3 is 92.3 Å². The summed E-state index contributed by atoms with van der Waals surface area (Å²) in [5.41, 5.74) is -3.69. The predicted octanol–water partition coefficient (Wildman–Crippen LogP) is 13.9. The zero-order valence-electron chi connectivity index (χ0n) is 83.3. The molecule has 19 unspecified atom stereocenters. The van der Waals surface area contributed by atoms with Crippen LogP contribution < -0.4 is 43.1 Å². The average Bonchev–Trinajstić information content (AvgIpc) is 1.13. The topological polar surface area (TPSA) is 310 Å². The molecule has 738 valence electrons. The number of unbranched alkanes of at least 4 members (excludes halogenated alkanes) is 6. The Balaban J connectivity index is 0.750. The molecule has 2 saturated heterocycles. The van der Waals surface area contributed by atoms with E-state index in [1.807, 2.05) is 96.1 Å². The Morgan fingerprint density at radius 3 is 0.977 bits per heavy atom. The zero-order valence-corrected chi connectivity index (χ0v) is 83.3. The number of carbonyl (C=O) groups excluding carboxylic acids is 3. The second kappa shape index (κ2) is 53.7. The van der Waals surface area contributed by atoms with Crippen LogP contribution in [-0.2, 0) is 92.4 Å². The summed E-state index contributed by atoms with van der Waals surface area (Å²) in [6, 6.07) is 6.80. The summed E-state index contributed by atoms with van der Waals surface area (Å²) in [7, 11) is 0. The van der Waals surface area contributed by atoms with Crippen molar-refractivity contribution in [3.63, 3.8) is 0 Å². The maximum Gasteiger partial charge on any atom is 0.407 e. The molecule has 2 aliphatic heterocycles. The average molecular weight is 1820 g/mol. The van der Waals surface area contributed by atoms with Gasteiger partial charge in [-0.15, -0.1) is 0 Å². The van der Waals surface area contributed by atoms with Gasteiger partial charge in [0.15, 0.2) is 0 Å². The molecule has 128 heavy (non-hydrogen) atoms. The summed E-state index contributed by atoms with van der Waals surface area (Å²) in [6.45, 7) is 57.9. The molecule has 4 amide bonds. The number of aromatic nitrogens is 3. The van der Waals surface area contributed by atoms with Gasteiger partial charge in [0.2, 0.25) is 0 Å². The highest BCUT2D eigenvalue weighted by atomic mass is 16.6. The van der Waals surface area contributed by atoms with Gasteiger partial charge in [0.1, 0.15) is 25.6 Å². The van der Waals surface area contributed by atoms with Crippen molar-refractivity contribution in [1.82, 2.24) is 44.8 Å². The van der Waals surface area contributed by atoms with E-state index >= 15 is 14.4 Å². The lowest BCUT2D eigenvalue weighted by molar-refractivity contribution is -0.114. The highest BCUT2D eigenvalue weighted by molar-refractivity contribution is 5.74. The van der Waals surface area contributed by atoms with Crippen LogP contribution >= 0.6 is 0 Å². The van der Waals surface area contributed by atoms with Gasteiger partial charge in [-0.1, -0.05) is 120 Å². The lowest BCUT2D eigenvalue weighted by Crippen LogP contribution is -2.60. The molecule has 0 spiro atoms. The van der Waals surface area contributed by atoms with E-state index in [2.05, 4.69) is 119 Å². The number of nitrogens with zero attached hydrogens (tertiary/aromatic N) is 5. The van der Waals surface area contributed by atoms with Crippen LogP contribution in [-0.4, -0.2) is 278 Å². The molecular weight excluding hydrogens is 1640 g/mol. The van der Waals surface area contributed by atoms with E-state index in [9.17, 15) is 14.4 Å². The van der Waals surface area contributed by atoms with Crippen LogP contribution in [0.3, 0.4) is 0 Å². The minimum absolute atomic E-state index is 0.00625. The van der Waals surface area contributed by atoms with E-state index < -0.39 is 45.5 Å². The van der Waals surface area contributed by atoms with Crippen molar-refractivity contribution in [2.75, 3.05) is 138 Å². The molecule has 1 aromatic carbocycles. The smallest absolute Gasteiger partial charge is 0.407 e. The second-order valence-corrected chi connectivity index (χ2v) is 42.7. The third-order valence-electron chi connectivity index (χ3n) is 24.9. The molecule has 3 aliphatic carbocycles. The molecule has 4 N–H and O–H groups in total. The second-order valence-electron chi connectivity index (χ2n) is 42.7. The van der Waals surface area contributed by atoms with Crippen LogP contribution in [0, 0.1) is 32.5 Å². The van der Waals surface area contributed by atoms with E-state index in [4.69, 9.17) is 71.1 Å². The molecule has 0 radical (unpaired) electrons. The van der Waals surface area contributed by atoms with Gasteiger partial charge >= 0.3 is 35.3 Å². The summed E-state index contributed by atoms with van der Waals surface area (Å²) >= 11 is 0. The Morgan fingerprint density at radius 1 is 0.375 bits per heavy atom. The van der Waals surface area contributed by atoms with Gasteiger partial charge in [-0.3, -0.25) is 9.80 Å². The number of nitrogens with one attached hydrogen (secondary N) is 4. The van der Waals surface area contributed by atoms with Gasteiger partial charge in [0.05, 0.1) is 159 Å². The number of alkyl carbamates (subject to hydrolysis) is 2. The Hall–Kier alpha value is -5.32. The highest BCUT2D eigenvalue weighted by Gasteiger charge is 2.48. The number of carbonyl (C=O) groups is 3. The third kappa shape index (κ3) is 43.4. The molecular formula is C98H175N9O21. The van der Waals surface area contributed by atoms with Crippen molar-refractivity contribution in [2.45, 2.75) is 385 Å². The zero-order chi connectivity index (χ0) is 94.0. The number of benzene rings is 1. The number of amides is 4. The van der Waals surface area contributed by atoms with Gasteiger partial charge in [-0.2, -0.15) is 0 Å². The number of urea groups is 1. The van der Waals surface area contributed by atoms with Crippen LogP contribution in [0.5, 0.6) is 5.75 Å². The van der Waals surface area contributed by atoms with Gasteiger partial charge in [0.25, 0.3) is 0 Å². The normalized spacial score (nSPS) is 24.7. The summed E-state index contributed by atoms with van der Waals surface area (Å²) in [4.78, 5) is 90.9. The standard InChI is InChI=1S/C98H175N9O21/c1-24-25-26-27-28-29-30-32-82-33-31-34-86(43-82)128-62-81(14)127-61-80(13)126-60-79(12)125-59-78(11)124-58-77(10)123-57-76(9)122-56-75(8)121-55-74(7)120-54-73(6)119-53-72(5)118-52-71(4)117-51-70(3)116-50-69(2)99-87(108)100-83-44-93(15,16)63-96(21,47-83)66-105-90(111)106(67-97(22)48-84(45-94(17,18)64-97)101-88(109)114-41-39-103-35-36-103)92(113)107(91(105)112)68-98(23)49-85(46-95(19,20)65-98)102-89(110)115-42-40-104-37-38-104/h31,33-34,43,69-81,83-85H,24-30,32,35-42,44-68H2,1-23H3,(H,101,109)(H,102,110)(H2,99,100,108). The Morgan fingerprint density at radius 2 is 0.664 bits per heavy atom. The highest BCUT2D eigenvalue weighted by Crippen LogP contribution is 2.50. The number of ether oxygens (including phenoxy) is 15. The number of hydrogen-bond acceptors (Lipinski definition) is 23. The van der Waals surface area contributed by atoms with E-state index in [0.29, 0.717) is 150 Å². The van der Waals surface area contributed by atoms with E-state index in [1.165, 1.54) is 64.2 Å². The third-order valence-corrected chi connectivity index (χ3v) is 24.9. The van der Waals surface area contributed by atoms with E-state index in [0.717, 1.165) is 38.3 Å². The molecule has 19 atom stereocenters. The molecule has 3 heterocycles. The van der Waals surface area contributed by atoms with E-state index in [-0.39, 0.29) is 159 Å². The monoisotopic (exact) mass is 1810 g/mol. The maximum absolute atomic E-state index is 15.4. The minimum Gasteiger partial charge on any atom is -0.491 e. The van der Waals surface area contributed by atoms with Crippen molar-refractivity contribution in [3.8, 4) is 5.75 Å². The molecule has 5 fully saturated rings. The minimum atomic E-state index is -0.699. The van der Waals surface area contributed by atoms with Crippen LogP contribution in [0.1, 0.15) is 268 Å². The lowest BCUT2D eigenvalue weighted by atomic mass is 9.62. The van der Waals surface area contributed by atoms with Crippen LogP contribution in [0.4, 0.5) is 14.4 Å². The first-order valence-corrected chi connectivity index (χ1v) is 48.8. The largest absolute Gasteiger partial charge is 0.491 e. The molecule has 5 aliphatic rings. The molecule has 2 aromatic rings. The molecule has 7 rings (SSSR count). The summed E-state index contributed by atoms with van der Waals surface area (Å²) in [5, 5.41) is 12.5. The maximum atomic E-state index is 15.4. The summed E-state index contributed by atoms with van der Waals surface area (Å²) < 4.78 is 94.1. The number of hydrogen-bond donors (Lipinski definition) is 4. The predicted molar refractivity (Wildman–Crippen MR) is 499 cm³/mol. The van der Waals surface area contributed by atoms with Crippen molar-refractivity contribution in [1.29, 1.82) is 0 Å². The fraction of sp³-hybridized carbons (Fsp3) is 0.878. The van der Waals surface area contributed by atoms with Crippen LogP contribution in [0.25, 0.3) is 0 Å². The van der Waals surface area contributed by atoms with Crippen LogP contribution in [0.15, 0.2) is 38.6 Å². The molecule has 0 bridgehead atoms. The van der Waals surface area contributed by atoms with Gasteiger partial charge in [-0.05, 0) is 211 Å². The molecule has 30 nitrogen and oxygen atoms in total. The molecule has 3 saturated carbocycles. The fourth-order valence-corrected chi connectivity index (χ4v) is 19.3. The molecule has 30 heteroatoms. The van der Waals surface area contributed by atoms with Crippen molar-refractivity contribution in [2.24, 2.45) is 32.5 Å².